The fourth-order valence-corrected chi connectivity index (χ4v) is 4.22. The van der Waals surface area contributed by atoms with E-state index >= 15 is 0 Å². The number of nitrogens with one attached hydrogen (secondary N) is 2. The zero-order chi connectivity index (χ0) is 16.6. The third-order valence-electron chi connectivity index (χ3n) is 3.49. The van der Waals surface area contributed by atoms with Crippen molar-refractivity contribution in [2.45, 2.75) is 19.3 Å². The van der Waals surface area contributed by atoms with Crippen LogP contribution in [0, 0.1) is 5.82 Å². The van der Waals surface area contributed by atoms with E-state index in [1.807, 2.05) is 6.07 Å². The molecule has 8 heteroatoms. The molecule has 5 nitrogen and oxygen atoms in total. The summed E-state index contributed by atoms with van der Waals surface area (Å²) in [6.45, 7) is 0. The zero-order valence-electron chi connectivity index (χ0n) is 12.3. The Hall–Kier alpha value is -1.93. The third-order valence-corrected chi connectivity index (χ3v) is 5.32. The third kappa shape index (κ3) is 3.70. The van der Waals surface area contributed by atoms with Gasteiger partial charge in [-0.3, -0.25) is 9.52 Å². The van der Waals surface area contributed by atoms with Crippen LogP contribution in [-0.4, -0.2) is 20.6 Å². The Labute approximate surface area is 137 Å². The maximum atomic E-state index is 13.6. The molecule has 0 fully saturated rings. The van der Waals surface area contributed by atoms with E-state index in [0.29, 0.717) is 10.6 Å². The van der Waals surface area contributed by atoms with Crippen molar-refractivity contribution in [2.24, 2.45) is 0 Å². The molecule has 0 spiro atoms. The van der Waals surface area contributed by atoms with Gasteiger partial charge in [0.25, 0.3) is 5.91 Å². The molecule has 2 N–H and O–H groups in total. The first-order valence-electron chi connectivity index (χ1n) is 7.02. The van der Waals surface area contributed by atoms with Gasteiger partial charge in [-0.15, -0.1) is 11.3 Å². The molecule has 0 bridgehead atoms. The Morgan fingerprint density at radius 2 is 2.04 bits per heavy atom. The van der Waals surface area contributed by atoms with Crippen molar-refractivity contribution in [3.8, 4) is 0 Å². The molecule has 0 saturated heterocycles. The normalized spacial score (nSPS) is 13.7. The molecule has 0 aliphatic heterocycles. The van der Waals surface area contributed by atoms with E-state index in [2.05, 4.69) is 10.0 Å². The standard InChI is InChI=1S/C15H15FN2O3S2/c1-23(20,21)18-12-8-10(5-6-11(12)16)17-15(19)14-7-9-3-2-4-13(9)22-14/h5-8,18H,2-4H2,1H3,(H,17,19). The largest absolute Gasteiger partial charge is 0.321 e. The number of carbonyl (C=O) groups is 1. The van der Waals surface area contributed by atoms with E-state index in [0.717, 1.165) is 31.6 Å². The van der Waals surface area contributed by atoms with Crippen LogP contribution in [-0.2, 0) is 22.9 Å². The molecule has 0 unspecified atom stereocenters. The molecular formula is C15H15FN2O3S2. The van der Waals surface area contributed by atoms with Crippen LogP contribution in [0.5, 0.6) is 0 Å². The van der Waals surface area contributed by atoms with Crippen molar-refractivity contribution in [3.05, 3.63) is 45.4 Å². The zero-order valence-corrected chi connectivity index (χ0v) is 14.0. The average Bonchev–Trinajstić information content (AvgIpc) is 3.01. The number of amides is 1. The molecule has 3 rings (SSSR count). The quantitative estimate of drug-likeness (QED) is 0.886. The molecule has 23 heavy (non-hydrogen) atoms. The van der Waals surface area contributed by atoms with E-state index < -0.39 is 15.8 Å². The smallest absolute Gasteiger partial charge is 0.265 e. The second-order valence-electron chi connectivity index (χ2n) is 5.44. The van der Waals surface area contributed by atoms with Crippen LogP contribution >= 0.6 is 11.3 Å². The molecule has 1 aromatic carbocycles. The number of thiophene rings is 1. The van der Waals surface area contributed by atoms with E-state index in [1.165, 1.54) is 33.9 Å². The second-order valence-corrected chi connectivity index (χ2v) is 8.32. The lowest BCUT2D eigenvalue weighted by Gasteiger charge is -2.09. The molecular weight excluding hydrogens is 339 g/mol. The molecule has 1 aromatic heterocycles. The molecule has 1 aliphatic carbocycles. The second kappa shape index (κ2) is 5.93. The van der Waals surface area contributed by atoms with Crippen molar-refractivity contribution in [1.82, 2.24) is 0 Å². The predicted octanol–water partition coefficient (Wildman–Crippen LogP) is 3.00. The molecule has 1 aliphatic rings. The summed E-state index contributed by atoms with van der Waals surface area (Å²) in [4.78, 5) is 14.1. The summed E-state index contributed by atoms with van der Waals surface area (Å²) in [5.41, 5.74) is 1.36. The van der Waals surface area contributed by atoms with Crippen LogP contribution < -0.4 is 10.0 Å². The fraction of sp³-hybridized carbons (Fsp3) is 0.267. The summed E-state index contributed by atoms with van der Waals surface area (Å²) < 4.78 is 38.2. The van der Waals surface area contributed by atoms with E-state index in [9.17, 15) is 17.6 Å². The summed E-state index contributed by atoms with van der Waals surface area (Å²) in [7, 11) is -3.60. The Morgan fingerprint density at radius 1 is 1.26 bits per heavy atom. The molecule has 0 saturated carbocycles. The minimum atomic E-state index is -3.60. The fourth-order valence-electron chi connectivity index (χ4n) is 2.51. The summed E-state index contributed by atoms with van der Waals surface area (Å²) in [6.07, 6.45) is 4.07. The van der Waals surface area contributed by atoms with Crippen LogP contribution in [0.4, 0.5) is 15.8 Å². The molecule has 1 heterocycles. The monoisotopic (exact) mass is 354 g/mol. The molecule has 0 radical (unpaired) electrons. The van der Waals surface area contributed by atoms with Crippen molar-refractivity contribution in [3.63, 3.8) is 0 Å². The first-order valence-corrected chi connectivity index (χ1v) is 9.73. The minimum Gasteiger partial charge on any atom is -0.321 e. The molecule has 2 aromatic rings. The van der Waals surface area contributed by atoms with Crippen LogP contribution in [0.3, 0.4) is 0 Å². The van der Waals surface area contributed by atoms with Gasteiger partial charge in [0.2, 0.25) is 10.0 Å². The first kappa shape index (κ1) is 15.9. The molecule has 122 valence electrons. The number of benzene rings is 1. The predicted molar refractivity (Wildman–Crippen MR) is 89.2 cm³/mol. The van der Waals surface area contributed by atoms with Crippen LogP contribution in [0.1, 0.15) is 26.5 Å². The van der Waals surface area contributed by atoms with Crippen molar-refractivity contribution < 1.29 is 17.6 Å². The SMILES string of the molecule is CS(=O)(=O)Nc1cc(NC(=O)c2cc3c(s2)CCC3)ccc1F. The van der Waals surface area contributed by atoms with Crippen LogP contribution in [0.15, 0.2) is 24.3 Å². The van der Waals surface area contributed by atoms with Gasteiger partial charge in [0.15, 0.2) is 0 Å². The topological polar surface area (TPSA) is 75.3 Å². The summed E-state index contributed by atoms with van der Waals surface area (Å²) in [6, 6.07) is 5.65. The first-order chi connectivity index (χ1) is 10.8. The van der Waals surface area contributed by atoms with Gasteiger partial charge in [-0.2, -0.15) is 0 Å². The van der Waals surface area contributed by atoms with Gasteiger partial charge >= 0.3 is 0 Å². The highest BCUT2D eigenvalue weighted by Crippen LogP contribution is 2.31. The van der Waals surface area contributed by atoms with Crippen molar-refractivity contribution in [1.29, 1.82) is 0 Å². The lowest BCUT2D eigenvalue weighted by atomic mass is 10.2. The number of hydrogen-bond acceptors (Lipinski definition) is 4. The van der Waals surface area contributed by atoms with Crippen molar-refractivity contribution in [2.75, 3.05) is 16.3 Å². The van der Waals surface area contributed by atoms with Gasteiger partial charge in [-0.25, -0.2) is 12.8 Å². The number of halogens is 1. The highest BCUT2D eigenvalue weighted by atomic mass is 32.2. The number of rotatable bonds is 4. The number of fused-ring (bicyclic) bond motifs is 1. The summed E-state index contributed by atoms with van der Waals surface area (Å²) in [5.74, 6) is -0.982. The summed E-state index contributed by atoms with van der Waals surface area (Å²) >= 11 is 1.47. The highest BCUT2D eigenvalue weighted by molar-refractivity contribution is 7.92. The lowest BCUT2D eigenvalue weighted by Crippen LogP contribution is -2.13. The number of hydrogen-bond donors (Lipinski definition) is 2. The molecule has 1 amide bonds. The number of carbonyl (C=O) groups excluding carboxylic acids is 1. The Bertz CT molecular complexity index is 853. The Morgan fingerprint density at radius 3 is 2.74 bits per heavy atom. The van der Waals surface area contributed by atoms with E-state index in [1.54, 1.807) is 0 Å². The Balaban J connectivity index is 1.79. The van der Waals surface area contributed by atoms with Gasteiger partial charge in [0.1, 0.15) is 5.82 Å². The number of aryl methyl sites for hydroxylation is 2. The number of anilines is 2. The highest BCUT2D eigenvalue weighted by Gasteiger charge is 2.19. The van der Waals surface area contributed by atoms with Gasteiger partial charge in [-0.05, 0) is 49.1 Å². The van der Waals surface area contributed by atoms with Crippen LogP contribution in [0.25, 0.3) is 0 Å². The van der Waals surface area contributed by atoms with E-state index in [4.69, 9.17) is 0 Å². The van der Waals surface area contributed by atoms with E-state index in [-0.39, 0.29) is 11.6 Å². The maximum absolute atomic E-state index is 13.6. The van der Waals surface area contributed by atoms with Crippen molar-refractivity contribution >= 4 is 38.6 Å². The van der Waals surface area contributed by atoms with Gasteiger partial charge < -0.3 is 5.32 Å². The molecule has 0 atom stereocenters. The van der Waals surface area contributed by atoms with Gasteiger partial charge in [0, 0.05) is 10.6 Å². The average molecular weight is 354 g/mol. The lowest BCUT2D eigenvalue weighted by molar-refractivity contribution is 0.103. The Kier molecular flexibility index (Phi) is 4.11. The van der Waals surface area contributed by atoms with Gasteiger partial charge in [0.05, 0.1) is 16.8 Å². The van der Waals surface area contributed by atoms with Gasteiger partial charge in [-0.1, -0.05) is 0 Å². The number of sulfonamides is 1. The minimum absolute atomic E-state index is 0.195. The summed E-state index contributed by atoms with van der Waals surface area (Å²) in [5, 5.41) is 2.67. The van der Waals surface area contributed by atoms with Crippen LogP contribution in [0.2, 0.25) is 0 Å². The maximum Gasteiger partial charge on any atom is 0.265 e.